The third kappa shape index (κ3) is 4.15. The van der Waals surface area contributed by atoms with Gasteiger partial charge in [0, 0.05) is 28.6 Å². The summed E-state index contributed by atoms with van der Waals surface area (Å²) < 4.78 is 0. The number of nitrogens with one attached hydrogen (secondary N) is 1. The lowest BCUT2D eigenvalue weighted by Gasteiger charge is -2.32. The smallest absolute Gasteiger partial charge is 0.228 e. The highest BCUT2D eigenvalue weighted by Crippen LogP contribution is 2.34. The molecule has 30 heavy (non-hydrogen) atoms. The summed E-state index contributed by atoms with van der Waals surface area (Å²) in [6, 6.07) is 14.9. The fourth-order valence-corrected chi connectivity index (χ4v) is 4.56. The van der Waals surface area contributed by atoms with Gasteiger partial charge in [-0.2, -0.15) is 0 Å². The second-order valence-electron chi connectivity index (χ2n) is 7.07. The van der Waals surface area contributed by atoms with Crippen molar-refractivity contribution in [1.82, 2.24) is 9.88 Å². The predicted octanol–water partition coefficient (Wildman–Crippen LogP) is 5.67. The fourth-order valence-electron chi connectivity index (χ4n) is 3.58. The second-order valence-corrected chi connectivity index (χ2v) is 8.71. The van der Waals surface area contributed by atoms with Crippen molar-refractivity contribution in [3.8, 4) is 11.3 Å². The van der Waals surface area contributed by atoms with Crippen LogP contribution in [0.2, 0.25) is 5.02 Å². The van der Waals surface area contributed by atoms with Crippen LogP contribution in [0.5, 0.6) is 0 Å². The van der Waals surface area contributed by atoms with Crippen molar-refractivity contribution in [2.24, 2.45) is 0 Å². The van der Waals surface area contributed by atoms with Crippen molar-refractivity contribution in [2.75, 3.05) is 5.32 Å². The Bertz CT molecular complexity index is 1140. The number of carbonyl (C=O) groups excluding carboxylic acids is 2. The summed E-state index contributed by atoms with van der Waals surface area (Å²) in [6.45, 7) is 3.47. The molecule has 1 atom stereocenters. The van der Waals surface area contributed by atoms with Gasteiger partial charge in [-0.1, -0.05) is 48.0 Å². The van der Waals surface area contributed by atoms with Gasteiger partial charge in [0.15, 0.2) is 5.13 Å². The summed E-state index contributed by atoms with van der Waals surface area (Å²) in [7, 11) is 0. The van der Waals surface area contributed by atoms with E-state index in [9.17, 15) is 9.59 Å². The van der Waals surface area contributed by atoms with E-state index in [0.29, 0.717) is 10.2 Å². The third-order valence-corrected chi connectivity index (χ3v) is 6.15. The standard InChI is InChI=1S/C23H20ClN3O2S/c1-14-22(17-7-9-18(24)10-8-17)26-23(30-14)25-21(29)13-20-19-6-4-3-5-16(19)11-12-27(20)15(2)28/h3-12,20H,13H2,1-2H3,(H,25,26,29). The van der Waals surface area contributed by atoms with Gasteiger partial charge in [-0.15, -0.1) is 11.3 Å². The number of halogens is 1. The zero-order valence-electron chi connectivity index (χ0n) is 16.6. The van der Waals surface area contributed by atoms with Crippen LogP contribution in [0.3, 0.4) is 0 Å². The van der Waals surface area contributed by atoms with Crippen molar-refractivity contribution < 1.29 is 9.59 Å². The SMILES string of the molecule is CC(=O)N1C=Cc2ccccc2C1CC(=O)Nc1nc(-c2ccc(Cl)cc2)c(C)s1. The van der Waals surface area contributed by atoms with Gasteiger partial charge in [0.1, 0.15) is 0 Å². The molecule has 7 heteroatoms. The van der Waals surface area contributed by atoms with Crippen LogP contribution in [-0.2, 0) is 9.59 Å². The number of benzene rings is 2. The molecule has 0 fully saturated rings. The third-order valence-electron chi connectivity index (χ3n) is 5.01. The second kappa shape index (κ2) is 8.42. The molecule has 0 saturated carbocycles. The molecule has 0 saturated heterocycles. The first kappa shape index (κ1) is 20.3. The Morgan fingerprint density at radius 3 is 2.63 bits per heavy atom. The number of thiazole rings is 1. The maximum Gasteiger partial charge on any atom is 0.228 e. The molecule has 0 radical (unpaired) electrons. The van der Waals surface area contributed by atoms with Gasteiger partial charge in [0.2, 0.25) is 11.8 Å². The fraction of sp³-hybridized carbons (Fsp3) is 0.174. The van der Waals surface area contributed by atoms with Crippen molar-refractivity contribution in [3.05, 3.63) is 75.8 Å². The first-order valence-electron chi connectivity index (χ1n) is 9.51. The Hall–Kier alpha value is -2.96. The Morgan fingerprint density at radius 1 is 1.17 bits per heavy atom. The average molecular weight is 438 g/mol. The molecule has 3 aromatic rings. The molecule has 2 heterocycles. The van der Waals surface area contributed by atoms with Crippen LogP contribution in [-0.4, -0.2) is 21.7 Å². The van der Waals surface area contributed by atoms with Gasteiger partial charge < -0.3 is 10.2 Å². The van der Waals surface area contributed by atoms with Gasteiger partial charge in [-0.05, 0) is 36.3 Å². The normalized spacial score (nSPS) is 15.0. The van der Waals surface area contributed by atoms with E-state index in [1.165, 1.54) is 18.3 Å². The van der Waals surface area contributed by atoms with E-state index in [1.807, 2.05) is 61.5 Å². The first-order chi connectivity index (χ1) is 14.4. The lowest BCUT2D eigenvalue weighted by molar-refractivity contribution is -0.129. The lowest BCUT2D eigenvalue weighted by atomic mass is 9.93. The number of rotatable bonds is 4. The Balaban J connectivity index is 1.53. The van der Waals surface area contributed by atoms with E-state index in [2.05, 4.69) is 10.3 Å². The molecule has 1 unspecified atom stereocenters. The molecule has 2 aromatic carbocycles. The van der Waals surface area contributed by atoms with Crippen LogP contribution in [0, 0.1) is 6.92 Å². The van der Waals surface area contributed by atoms with Crippen LogP contribution in [0.1, 0.15) is 35.4 Å². The van der Waals surface area contributed by atoms with Gasteiger partial charge >= 0.3 is 0 Å². The number of nitrogens with zero attached hydrogens (tertiary/aromatic N) is 2. The van der Waals surface area contributed by atoms with E-state index in [4.69, 9.17) is 11.6 Å². The van der Waals surface area contributed by atoms with Crippen molar-refractivity contribution in [2.45, 2.75) is 26.3 Å². The topological polar surface area (TPSA) is 62.3 Å². The van der Waals surface area contributed by atoms with Crippen LogP contribution in [0.25, 0.3) is 17.3 Å². The minimum absolute atomic E-state index is 0.103. The van der Waals surface area contributed by atoms with Gasteiger partial charge in [-0.25, -0.2) is 4.98 Å². The van der Waals surface area contributed by atoms with E-state index >= 15 is 0 Å². The summed E-state index contributed by atoms with van der Waals surface area (Å²) in [5, 5.41) is 4.10. The molecule has 1 N–H and O–H groups in total. The average Bonchev–Trinajstić information content (AvgIpc) is 3.08. The number of hydrogen-bond acceptors (Lipinski definition) is 4. The number of hydrogen-bond donors (Lipinski definition) is 1. The molecular formula is C23H20ClN3O2S. The Labute approximate surface area is 184 Å². The maximum atomic E-state index is 12.8. The number of carbonyl (C=O) groups is 2. The van der Waals surface area contributed by atoms with Crippen LogP contribution < -0.4 is 5.32 Å². The molecule has 5 nitrogen and oxygen atoms in total. The minimum atomic E-state index is -0.347. The van der Waals surface area contributed by atoms with Crippen LogP contribution in [0.15, 0.2) is 54.7 Å². The zero-order valence-corrected chi connectivity index (χ0v) is 18.1. The maximum absolute atomic E-state index is 12.8. The number of anilines is 1. The number of fused-ring (bicyclic) bond motifs is 1. The molecule has 1 aromatic heterocycles. The molecule has 0 spiro atoms. The first-order valence-corrected chi connectivity index (χ1v) is 10.7. The van der Waals surface area contributed by atoms with Crippen LogP contribution >= 0.6 is 22.9 Å². The minimum Gasteiger partial charge on any atom is -0.311 e. The van der Waals surface area contributed by atoms with Crippen molar-refractivity contribution >= 4 is 46.0 Å². The number of aromatic nitrogens is 1. The largest absolute Gasteiger partial charge is 0.311 e. The number of amides is 2. The monoisotopic (exact) mass is 437 g/mol. The van der Waals surface area contributed by atoms with Gasteiger partial charge in [0.25, 0.3) is 0 Å². The molecule has 1 aliphatic heterocycles. The van der Waals surface area contributed by atoms with Crippen molar-refractivity contribution in [1.29, 1.82) is 0 Å². The molecule has 1 aliphatic rings. The summed E-state index contributed by atoms with van der Waals surface area (Å²) in [4.78, 5) is 32.1. The van der Waals surface area contributed by atoms with Gasteiger partial charge in [0.05, 0.1) is 18.2 Å². The highest BCUT2D eigenvalue weighted by molar-refractivity contribution is 7.16. The molecule has 0 bridgehead atoms. The quantitative estimate of drug-likeness (QED) is 0.571. The van der Waals surface area contributed by atoms with Crippen molar-refractivity contribution in [3.63, 3.8) is 0 Å². The lowest BCUT2D eigenvalue weighted by Crippen LogP contribution is -2.33. The van der Waals surface area contributed by atoms with E-state index < -0.39 is 0 Å². The predicted molar refractivity (Wildman–Crippen MR) is 121 cm³/mol. The summed E-state index contributed by atoms with van der Waals surface area (Å²) in [6.07, 6.45) is 3.79. The highest BCUT2D eigenvalue weighted by Gasteiger charge is 2.28. The summed E-state index contributed by atoms with van der Waals surface area (Å²) >= 11 is 7.39. The van der Waals surface area contributed by atoms with E-state index in [0.717, 1.165) is 27.3 Å². The van der Waals surface area contributed by atoms with E-state index in [-0.39, 0.29) is 24.3 Å². The van der Waals surface area contributed by atoms with Crippen LogP contribution in [0.4, 0.5) is 5.13 Å². The zero-order chi connectivity index (χ0) is 21.3. The summed E-state index contributed by atoms with van der Waals surface area (Å²) in [5.74, 6) is -0.290. The molecule has 4 rings (SSSR count). The Kier molecular flexibility index (Phi) is 5.70. The number of aryl methyl sites for hydroxylation is 1. The van der Waals surface area contributed by atoms with Gasteiger partial charge in [-0.3, -0.25) is 9.59 Å². The summed E-state index contributed by atoms with van der Waals surface area (Å²) in [5.41, 5.74) is 3.75. The molecular weight excluding hydrogens is 418 g/mol. The molecule has 0 aliphatic carbocycles. The molecule has 2 amide bonds. The highest BCUT2D eigenvalue weighted by atomic mass is 35.5. The Morgan fingerprint density at radius 2 is 1.90 bits per heavy atom. The van der Waals surface area contributed by atoms with E-state index in [1.54, 1.807) is 11.1 Å². The molecule has 152 valence electrons.